The fourth-order valence-corrected chi connectivity index (χ4v) is 5.00. The van der Waals surface area contributed by atoms with E-state index in [0.717, 1.165) is 40.2 Å². The van der Waals surface area contributed by atoms with Gasteiger partial charge in [-0.15, -0.1) is 0 Å². The molecule has 1 aliphatic carbocycles. The number of carboxylic acids is 1. The van der Waals surface area contributed by atoms with E-state index >= 15 is 0 Å². The van der Waals surface area contributed by atoms with Crippen molar-refractivity contribution in [3.63, 3.8) is 0 Å². The van der Waals surface area contributed by atoms with E-state index in [0.29, 0.717) is 0 Å². The number of hydrogen-bond acceptors (Lipinski definition) is 5. The number of fused-ring (bicyclic) bond motifs is 3. The Hall–Kier alpha value is -3.00. The second-order valence-corrected chi connectivity index (χ2v) is 9.59. The summed E-state index contributed by atoms with van der Waals surface area (Å²) in [6.07, 6.45) is 0.0667. The molecule has 2 amide bonds. The highest BCUT2D eigenvalue weighted by atomic mass is 32.2. The molecule has 0 aromatic heterocycles. The van der Waals surface area contributed by atoms with Crippen LogP contribution in [0.15, 0.2) is 48.5 Å². The predicted molar refractivity (Wildman–Crippen MR) is 134 cm³/mol. The molecule has 8 heteroatoms. The SMILES string of the molecule is CCCSCC(C)NC(=O)C(CCC(=O)O)NC(=O)OCC1c2ccccc2-c2ccccc21. The van der Waals surface area contributed by atoms with E-state index in [1.165, 1.54) is 0 Å². The Kier molecular flexibility index (Phi) is 9.39. The molecule has 0 bridgehead atoms. The average Bonchev–Trinajstić information content (AvgIpc) is 3.14. The highest BCUT2D eigenvalue weighted by molar-refractivity contribution is 7.99. The molecule has 2 aromatic carbocycles. The summed E-state index contributed by atoms with van der Waals surface area (Å²) in [7, 11) is 0. The third-order valence-corrected chi connectivity index (χ3v) is 7.14. The molecule has 1 aliphatic rings. The lowest BCUT2D eigenvalue weighted by molar-refractivity contribution is -0.137. The summed E-state index contributed by atoms with van der Waals surface area (Å²) in [5.74, 6) is 0.217. The molecule has 3 rings (SSSR count). The average molecular weight is 485 g/mol. The Morgan fingerprint density at radius 1 is 1.03 bits per heavy atom. The number of thioether (sulfide) groups is 1. The zero-order chi connectivity index (χ0) is 24.5. The van der Waals surface area contributed by atoms with Crippen molar-refractivity contribution in [2.45, 2.75) is 51.1 Å². The molecule has 0 fully saturated rings. The molecule has 34 heavy (non-hydrogen) atoms. The van der Waals surface area contributed by atoms with Crippen LogP contribution in [0.2, 0.25) is 0 Å². The van der Waals surface area contributed by atoms with Gasteiger partial charge < -0.3 is 20.5 Å². The fourth-order valence-electron chi connectivity index (χ4n) is 4.11. The Morgan fingerprint density at radius 3 is 2.24 bits per heavy atom. The summed E-state index contributed by atoms with van der Waals surface area (Å²) in [6.45, 7) is 4.11. The number of amides is 2. The van der Waals surface area contributed by atoms with Crippen molar-refractivity contribution in [3.05, 3.63) is 59.7 Å². The van der Waals surface area contributed by atoms with E-state index in [1.54, 1.807) is 11.8 Å². The number of nitrogens with one attached hydrogen (secondary N) is 2. The first-order chi connectivity index (χ1) is 16.4. The van der Waals surface area contributed by atoms with Crippen molar-refractivity contribution < 1.29 is 24.2 Å². The van der Waals surface area contributed by atoms with Gasteiger partial charge in [-0.25, -0.2) is 4.79 Å². The van der Waals surface area contributed by atoms with Crippen LogP contribution in [0.25, 0.3) is 11.1 Å². The minimum Gasteiger partial charge on any atom is -0.481 e. The van der Waals surface area contributed by atoms with Crippen molar-refractivity contribution in [3.8, 4) is 11.1 Å². The summed E-state index contributed by atoms with van der Waals surface area (Å²) in [5.41, 5.74) is 4.44. The molecule has 3 N–H and O–H groups in total. The number of hydrogen-bond donors (Lipinski definition) is 3. The van der Waals surface area contributed by atoms with E-state index in [2.05, 4.69) is 29.7 Å². The molecule has 2 aromatic rings. The Labute approximate surface area is 204 Å². The van der Waals surface area contributed by atoms with Crippen LogP contribution in [-0.4, -0.2) is 53.3 Å². The van der Waals surface area contributed by atoms with E-state index in [4.69, 9.17) is 9.84 Å². The Balaban J connectivity index is 1.61. The molecule has 0 radical (unpaired) electrons. The van der Waals surface area contributed by atoms with Crippen LogP contribution in [0.5, 0.6) is 0 Å². The number of carbonyl (C=O) groups excluding carboxylic acids is 2. The van der Waals surface area contributed by atoms with E-state index < -0.39 is 24.0 Å². The summed E-state index contributed by atoms with van der Waals surface area (Å²) < 4.78 is 5.53. The maximum Gasteiger partial charge on any atom is 0.407 e. The van der Waals surface area contributed by atoms with Gasteiger partial charge in [0, 0.05) is 24.1 Å². The van der Waals surface area contributed by atoms with Gasteiger partial charge in [-0.1, -0.05) is 55.5 Å². The molecule has 2 atom stereocenters. The minimum atomic E-state index is -1.03. The van der Waals surface area contributed by atoms with Crippen molar-refractivity contribution in [1.82, 2.24) is 10.6 Å². The van der Waals surface area contributed by atoms with E-state index in [1.807, 2.05) is 43.3 Å². The Bertz CT molecular complexity index is 967. The topological polar surface area (TPSA) is 105 Å². The molecule has 2 unspecified atom stereocenters. The minimum absolute atomic E-state index is 0.0137. The summed E-state index contributed by atoms with van der Waals surface area (Å²) >= 11 is 1.74. The summed E-state index contributed by atoms with van der Waals surface area (Å²) in [6, 6.07) is 15.0. The van der Waals surface area contributed by atoms with Crippen LogP contribution in [-0.2, 0) is 14.3 Å². The molecule has 0 aliphatic heterocycles. The highest BCUT2D eigenvalue weighted by Crippen LogP contribution is 2.44. The normalized spacial score (nSPS) is 13.9. The van der Waals surface area contributed by atoms with Gasteiger partial charge >= 0.3 is 12.1 Å². The zero-order valence-electron chi connectivity index (χ0n) is 19.6. The lowest BCUT2D eigenvalue weighted by atomic mass is 9.98. The summed E-state index contributed by atoms with van der Waals surface area (Å²) in [5, 5.41) is 14.5. The molecule has 7 nitrogen and oxygen atoms in total. The van der Waals surface area contributed by atoms with E-state index in [-0.39, 0.29) is 31.4 Å². The molecular weight excluding hydrogens is 452 g/mol. The second-order valence-electron chi connectivity index (χ2n) is 8.44. The monoisotopic (exact) mass is 484 g/mol. The number of ether oxygens (including phenoxy) is 1. The fraction of sp³-hybridized carbons (Fsp3) is 0.423. The smallest absolute Gasteiger partial charge is 0.407 e. The van der Waals surface area contributed by atoms with Gasteiger partial charge in [-0.05, 0) is 47.8 Å². The maximum atomic E-state index is 12.7. The third kappa shape index (κ3) is 6.76. The first-order valence-corrected chi connectivity index (χ1v) is 12.8. The molecule has 0 heterocycles. The maximum absolute atomic E-state index is 12.7. The number of aliphatic carboxylic acids is 1. The van der Waals surface area contributed by atoms with Gasteiger partial charge in [0.15, 0.2) is 0 Å². The first-order valence-electron chi connectivity index (χ1n) is 11.6. The molecule has 0 spiro atoms. The van der Waals surface area contributed by atoms with Gasteiger partial charge in [0.1, 0.15) is 12.6 Å². The lowest BCUT2D eigenvalue weighted by Gasteiger charge is -2.21. The molecule has 0 saturated heterocycles. The molecule has 182 valence electrons. The van der Waals surface area contributed by atoms with Gasteiger partial charge in [-0.3, -0.25) is 9.59 Å². The highest BCUT2D eigenvalue weighted by Gasteiger charge is 2.30. The van der Waals surface area contributed by atoms with Crippen LogP contribution < -0.4 is 10.6 Å². The Morgan fingerprint density at radius 2 is 1.65 bits per heavy atom. The van der Waals surface area contributed by atoms with Crippen LogP contribution in [0, 0.1) is 0 Å². The van der Waals surface area contributed by atoms with Crippen LogP contribution in [0.1, 0.15) is 50.2 Å². The number of carbonyl (C=O) groups is 3. The van der Waals surface area contributed by atoms with Gasteiger partial charge in [0.2, 0.25) is 5.91 Å². The first kappa shape index (κ1) is 25.6. The number of carboxylic acid groups (broad SMARTS) is 1. The van der Waals surface area contributed by atoms with Crippen LogP contribution in [0.4, 0.5) is 4.79 Å². The quantitative estimate of drug-likeness (QED) is 0.386. The largest absolute Gasteiger partial charge is 0.481 e. The number of rotatable bonds is 12. The predicted octanol–water partition coefficient (Wildman–Crippen LogP) is 4.41. The van der Waals surface area contributed by atoms with Gasteiger partial charge in [0.25, 0.3) is 0 Å². The number of benzene rings is 2. The molecule has 0 saturated carbocycles. The van der Waals surface area contributed by atoms with Crippen molar-refractivity contribution >= 4 is 29.7 Å². The molecular formula is C26H32N2O5S. The standard InChI is InChI=1S/C26H32N2O5S/c1-3-14-34-16-17(2)27-25(31)23(12-13-24(29)30)28-26(32)33-15-22-20-10-6-4-8-18(20)19-9-5-7-11-21(19)22/h4-11,17,22-23H,3,12-16H2,1-2H3,(H,27,31)(H,28,32)(H,29,30). The van der Waals surface area contributed by atoms with Crippen molar-refractivity contribution in [2.24, 2.45) is 0 Å². The lowest BCUT2D eigenvalue weighted by Crippen LogP contribution is -2.50. The van der Waals surface area contributed by atoms with Crippen molar-refractivity contribution in [1.29, 1.82) is 0 Å². The van der Waals surface area contributed by atoms with E-state index in [9.17, 15) is 14.4 Å². The summed E-state index contributed by atoms with van der Waals surface area (Å²) in [4.78, 5) is 36.4. The third-order valence-electron chi connectivity index (χ3n) is 5.70. The number of alkyl carbamates (subject to hydrolysis) is 1. The second kappa shape index (κ2) is 12.5. The van der Waals surface area contributed by atoms with Gasteiger partial charge in [-0.2, -0.15) is 11.8 Å². The van der Waals surface area contributed by atoms with Crippen molar-refractivity contribution in [2.75, 3.05) is 18.1 Å². The van der Waals surface area contributed by atoms with Gasteiger partial charge in [0.05, 0.1) is 0 Å². The zero-order valence-corrected chi connectivity index (χ0v) is 20.4. The van der Waals surface area contributed by atoms with Crippen LogP contribution in [0.3, 0.4) is 0 Å². The van der Waals surface area contributed by atoms with Crippen LogP contribution >= 0.6 is 11.8 Å².